The number of hydrogen-bond acceptors (Lipinski definition) is 9. The first-order valence-corrected chi connectivity index (χ1v) is 11.0. The van der Waals surface area contributed by atoms with Crippen LogP contribution in [0.25, 0.3) is 5.69 Å². The quantitative estimate of drug-likeness (QED) is 0.338. The fourth-order valence-electron chi connectivity index (χ4n) is 3.71. The van der Waals surface area contributed by atoms with E-state index in [1.54, 1.807) is 19.2 Å². The Bertz CT molecular complexity index is 1240. The fraction of sp³-hybridized carbons (Fsp3) is 0.364. The second-order valence-corrected chi connectivity index (χ2v) is 8.03. The Kier molecular flexibility index (Phi) is 6.91. The minimum atomic E-state index is -1.16. The lowest BCUT2D eigenvalue weighted by Crippen LogP contribution is -2.45. The van der Waals surface area contributed by atoms with E-state index in [0.717, 1.165) is 18.9 Å². The van der Waals surface area contributed by atoms with E-state index in [2.05, 4.69) is 36.2 Å². The van der Waals surface area contributed by atoms with Crippen LogP contribution in [0, 0.1) is 23.1 Å². The largest absolute Gasteiger partial charge is 0.476 e. The highest BCUT2D eigenvalue weighted by Gasteiger charge is 2.36. The van der Waals surface area contributed by atoms with Crippen molar-refractivity contribution in [2.45, 2.75) is 38.8 Å². The van der Waals surface area contributed by atoms with E-state index in [1.807, 2.05) is 13.0 Å². The van der Waals surface area contributed by atoms with Crippen LogP contribution in [0.4, 0.5) is 26.5 Å². The molecule has 35 heavy (non-hydrogen) atoms. The van der Waals surface area contributed by atoms with Crippen LogP contribution in [-0.4, -0.2) is 54.9 Å². The first-order chi connectivity index (χ1) is 16.9. The van der Waals surface area contributed by atoms with Gasteiger partial charge in [-0.25, -0.2) is 23.8 Å². The van der Waals surface area contributed by atoms with Crippen LogP contribution < -0.4 is 20.7 Å². The highest BCUT2D eigenvalue weighted by Crippen LogP contribution is 2.36. The molecule has 0 aliphatic heterocycles. The lowest BCUT2D eigenvalue weighted by molar-refractivity contribution is 0.188. The van der Waals surface area contributed by atoms with Crippen molar-refractivity contribution in [3.63, 3.8) is 0 Å². The highest BCUT2D eigenvalue weighted by atomic mass is 19.1. The van der Waals surface area contributed by atoms with Crippen molar-refractivity contribution in [3.8, 4) is 17.6 Å². The molecular formula is C22H24FN9O3. The van der Waals surface area contributed by atoms with E-state index in [4.69, 9.17) is 9.84 Å². The van der Waals surface area contributed by atoms with Crippen molar-refractivity contribution in [2.75, 3.05) is 17.2 Å². The first-order valence-electron chi connectivity index (χ1n) is 11.0. The zero-order valence-corrected chi connectivity index (χ0v) is 19.1. The van der Waals surface area contributed by atoms with Crippen LogP contribution in [0.3, 0.4) is 0 Å². The van der Waals surface area contributed by atoms with Crippen molar-refractivity contribution in [3.05, 3.63) is 42.1 Å². The van der Waals surface area contributed by atoms with Gasteiger partial charge in [-0.15, -0.1) is 5.10 Å². The third-order valence-electron chi connectivity index (χ3n) is 5.46. The summed E-state index contributed by atoms with van der Waals surface area (Å²) in [7, 11) is 0. The Morgan fingerprint density at radius 2 is 2.20 bits per heavy atom. The maximum absolute atomic E-state index is 14.8. The Hall–Kier alpha value is -4.47. The van der Waals surface area contributed by atoms with Gasteiger partial charge < -0.3 is 25.8 Å². The van der Waals surface area contributed by atoms with Gasteiger partial charge in [-0.1, -0.05) is 5.21 Å². The number of hydrogen-bond donors (Lipinski definition) is 4. The standard InChI is InChI=1S/C22H24FN9O3/c1-3-35-21-17(32-7-6-26-31-32)9-15(11-25-21)28-19-14(10-24)8-16(23)20(30-19)29-18(13-4-5-13)12(2)27-22(33)34/h6-9,11-13,18,27H,3-5H2,1-2H3,(H,33,34)(H2,28,29,30)/t12-,18-/m0/s1. The Balaban J connectivity index is 1.64. The molecule has 182 valence electrons. The number of carbonyl (C=O) groups is 1. The zero-order chi connectivity index (χ0) is 24.9. The monoisotopic (exact) mass is 481 g/mol. The predicted octanol–water partition coefficient (Wildman–Crippen LogP) is 3.06. The third-order valence-corrected chi connectivity index (χ3v) is 5.46. The number of aromatic nitrogens is 5. The number of nitrogens with one attached hydrogen (secondary N) is 3. The number of amides is 1. The van der Waals surface area contributed by atoms with Crippen LogP contribution in [-0.2, 0) is 0 Å². The summed E-state index contributed by atoms with van der Waals surface area (Å²) < 4.78 is 21.9. The van der Waals surface area contributed by atoms with Crippen LogP contribution in [0.5, 0.6) is 5.88 Å². The van der Waals surface area contributed by atoms with E-state index < -0.39 is 18.0 Å². The zero-order valence-electron chi connectivity index (χ0n) is 19.1. The van der Waals surface area contributed by atoms with Gasteiger partial charge in [0.25, 0.3) is 0 Å². The molecular weight excluding hydrogens is 457 g/mol. The molecule has 0 unspecified atom stereocenters. The van der Waals surface area contributed by atoms with Gasteiger partial charge in [-0.3, -0.25) is 0 Å². The summed E-state index contributed by atoms with van der Waals surface area (Å²) in [5.74, 6) is -0.164. The van der Waals surface area contributed by atoms with Crippen LogP contribution in [0.2, 0.25) is 0 Å². The molecule has 13 heteroatoms. The number of pyridine rings is 2. The number of ether oxygens (including phenoxy) is 1. The van der Waals surface area contributed by atoms with E-state index in [9.17, 15) is 14.4 Å². The normalized spacial score (nSPS) is 14.5. The van der Waals surface area contributed by atoms with Gasteiger partial charge in [-0.05, 0) is 44.7 Å². The molecule has 1 fully saturated rings. The molecule has 0 bridgehead atoms. The molecule has 4 rings (SSSR count). The molecule has 3 aromatic heterocycles. The molecule has 0 spiro atoms. The van der Waals surface area contributed by atoms with Crippen molar-refractivity contribution in [2.24, 2.45) is 5.92 Å². The maximum Gasteiger partial charge on any atom is 0.404 e. The Morgan fingerprint density at radius 1 is 1.40 bits per heavy atom. The molecule has 12 nitrogen and oxygen atoms in total. The molecule has 3 heterocycles. The minimum Gasteiger partial charge on any atom is -0.476 e. The van der Waals surface area contributed by atoms with Crippen molar-refractivity contribution in [1.82, 2.24) is 30.3 Å². The van der Waals surface area contributed by atoms with Gasteiger partial charge in [0.15, 0.2) is 17.5 Å². The lowest BCUT2D eigenvalue weighted by atomic mass is 10.0. The molecule has 3 aromatic rings. The van der Waals surface area contributed by atoms with Crippen LogP contribution in [0.1, 0.15) is 32.3 Å². The number of rotatable bonds is 10. The second-order valence-electron chi connectivity index (χ2n) is 8.03. The molecule has 0 aromatic carbocycles. The average Bonchev–Trinajstić information content (AvgIpc) is 3.51. The minimum absolute atomic E-state index is 0.0103. The van der Waals surface area contributed by atoms with E-state index in [1.165, 1.54) is 17.1 Å². The topological polar surface area (TPSA) is 163 Å². The number of anilines is 3. The maximum atomic E-state index is 14.8. The smallest absolute Gasteiger partial charge is 0.404 e. The van der Waals surface area contributed by atoms with E-state index in [0.29, 0.717) is 23.9 Å². The molecule has 1 saturated carbocycles. The molecule has 1 aliphatic rings. The second kappa shape index (κ2) is 10.2. The SMILES string of the molecule is CCOc1ncc(Nc2nc(N[C@H](C3CC3)[C@H](C)NC(=O)O)c(F)cc2C#N)cc1-n1ccnn1. The summed E-state index contributed by atoms with van der Waals surface area (Å²) in [5, 5.41) is 34.9. The van der Waals surface area contributed by atoms with Crippen molar-refractivity contribution >= 4 is 23.4 Å². The van der Waals surface area contributed by atoms with Gasteiger partial charge in [0.05, 0.1) is 42.5 Å². The summed E-state index contributed by atoms with van der Waals surface area (Å²) in [4.78, 5) is 19.7. The summed E-state index contributed by atoms with van der Waals surface area (Å²) in [6, 6.07) is 3.87. The van der Waals surface area contributed by atoms with E-state index >= 15 is 0 Å². The van der Waals surface area contributed by atoms with Gasteiger partial charge >= 0.3 is 6.09 Å². The van der Waals surface area contributed by atoms with E-state index in [-0.39, 0.29) is 29.2 Å². The highest BCUT2D eigenvalue weighted by molar-refractivity contribution is 5.67. The molecule has 1 aliphatic carbocycles. The molecule has 1 amide bonds. The molecule has 0 saturated heterocycles. The summed E-state index contributed by atoms with van der Waals surface area (Å²) >= 11 is 0. The summed E-state index contributed by atoms with van der Waals surface area (Å²) in [6.45, 7) is 3.94. The molecule has 4 N–H and O–H groups in total. The number of nitriles is 1. The van der Waals surface area contributed by atoms with Gasteiger partial charge in [0, 0.05) is 6.04 Å². The predicted molar refractivity (Wildman–Crippen MR) is 123 cm³/mol. The Morgan fingerprint density at radius 3 is 2.83 bits per heavy atom. The van der Waals surface area contributed by atoms with Gasteiger partial charge in [0.2, 0.25) is 5.88 Å². The Labute approximate surface area is 200 Å². The fourth-order valence-corrected chi connectivity index (χ4v) is 3.71. The summed E-state index contributed by atoms with van der Waals surface area (Å²) in [6.07, 6.45) is 5.28. The van der Waals surface area contributed by atoms with Crippen LogP contribution >= 0.6 is 0 Å². The van der Waals surface area contributed by atoms with Gasteiger partial charge in [-0.2, -0.15) is 5.26 Å². The number of carboxylic acid groups (broad SMARTS) is 1. The number of nitrogens with zero attached hydrogens (tertiary/aromatic N) is 6. The van der Waals surface area contributed by atoms with Crippen LogP contribution in [0.15, 0.2) is 30.7 Å². The van der Waals surface area contributed by atoms with Crippen molar-refractivity contribution < 1.29 is 19.0 Å². The average molecular weight is 481 g/mol. The molecule has 2 atom stereocenters. The lowest BCUT2D eigenvalue weighted by Gasteiger charge is -2.26. The summed E-state index contributed by atoms with van der Waals surface area (Å²) in [5.41, 5.74) is 0.958. The van der Waals surface area contributed by atoms with Gasteiger partial charge in [0.1, 0.15) is 11.8 Å². The third kappa shape index (κ3) is 5.55. The first kappa shape index (κ1) is 23.7. The van der Waals surface area contributed by atoms with Crippen molar-refractivity contribution in [1.29, 1.82) is 5.26 Å². The number of halogens is 1. The molecule has 0 radical (unpaired) electrons.